The topological polar surface area (TPSA) is 95.9 Å². The van der Waals surface area contributed by atoms with Crippen LogP contribution in [0.2, 0.25) is 0 Å². The Kier molecular flexibility index (Phi) is 60.5. The number of aliphatic hydroxyl groups is 2. The van der Waals surface area contributed by atoms with Crippen molar-refractivity contribution in [3.8, 4) is 0 Å². The van der Waals surface area contributed by atoms with E-state index in [1.807, 2.05) is 6.08 Å². The predicted molar refractivity (Wildman–Crippen MR) is 315 cm³/mol. The molecule has 0 aliphatic heterocycles. The lowest BCUT2D eigenvalue weighted by atomic mass is 10.0. The van der Waals surface area contributed by atoms with Crippen molar-refractivity contribution in [2.75, 3.05) is 13.2 Å². The minimum atomic E-state index is -0.845. The summed E-state index contributed by atoms with van der Waals surface area (Å²) in [5.41, 5.74) is 0. The summed E-state index contributed by atoms with van der Waals surface area (Å²) in [5, 5.41) is 23.2. The number of rotatable bonds is 61. The van der Waals surface area contributed by atoms with Gasteiger partial charge in [-0.15, -0.1) is 0 Å². The fourth-order valence-corrected chi connectivity index (χ4v) is 10.2. The lowest BCUT2D eigenvalue weighted by molar-refractivity contribution is -0.143. The van der Waals surface area contributed by atoms with Crippen molar-refractivity contribution >= 4 is 11.9 Å². The smallest absolute Gasteiger partial charge is 0.305 e. The monoisotopic (exact) mass is 1010 g/mol. The Morgan fingerprint density at radius 3 is 1.01 bits per heavy atom. The molecule has 6 nitrogen and oxygen atoms in total. The molecule has 1 amide bonds. The van der Waals surface area contributed by atoms with Crippen molar-refractivity contribution in [3.63, 3.8) is 0 Å². The lowest BCUT2D eigenvalue weighted by Crippen LogP contribution is -2.45. The lowest BCUT2D eigenvalue weighted by Gasteiger charge is -2.20. The molecule has 0 bridgehead atoms. The zero-order chi connectivity index (χ0) is 52.2. The van der Waals surface area contributed by atoms with Gasteiger partial charge in [0, 0.05) is 12.8 Å². The van der Waals surface area contributed by atoms with Gasteiger partial charge in [-0.2, -0.15) is 0 Å². The van der Waals surface area contributed by atoms with Gasteiger partial charge in [0.25, 0.3) is 0 Å². The third-order valence-corrected chi connectivity index (χ3v) is 15.2. The second kappa shape index (κ2) is 61.9. The number of unbranched alkanes of at least 4 members (excludes halogenated alkanes) is 48. The number of hydrogen-bond donors (Lipinski definition) is 3. The number of carbonyl (C=O) groups excluding carboxylic acids is 2. The summed E-state index contributed by atoms with van der Waals surface area (Å²) in [6.45, 7) is 4.90. The van der Waals surface area contributed by atoms with E-state index in [2.05, 4.69) is 31.3 Å². The Bertz CT molecular complexity index is 1120. The number of allylic oxidation sites excluding steroid dienone is 3. The molecule has 0 saturated heterocycles. The molecule has 426 valence electrons. The first kappa shape index (κ1) is 70.3. The van der Waals surface area contributed by atoms with Crippen LogP contribution in [0.3, 0.4) is 0 Å². The number of ether oxygens (including phenoxy) is 1. The van der Waals surface area contributed by atoms with Gasteiger partial charge in [-0.05, 0) is 57.8 Å². The highest BCUT2D eigenvalue weighted by Gasteiger charge is 2.18. The first-order valence-corrected chi connectivity index (χ1v) is 32.6. The summed E-state index contributed by atoms with van der Waals surface area (Å²) < 4.78 is 5.47. The molecule has 0 aromatic rings. The van der Waals surface area contributed by atoms with Crippen molar-refractivity contribution < 1.29 is 24.5 Å². The standard InChI is InChI=1S/C66H127NO5/c1-3-5-7-9-11-13-15-17-18-19-20-23-26-29-32-35-38-42-46-50-54-58-64(69)63(62-68)67-65(70)59-55-51-47-43-39-36-33-30-27-24-21-22-25-28-31-34-37-41-45-49-53-57-61-72-66(71)60-56-52-48-44-40-16-14-12-10-8-6-4-2/h12,14,54,58,63-64,68-69H,3-11,13,15-53,55-57,59-62H2,1-2H3,(H,67,70)/b14-12-,58-54+. The van der Waals surface area contributed by atoms with Crippen LogP contribution < -0.4 is 5.32 Å². The van der Waals surface area contributed by atoms with E-state index in [-0.39, 0.29) is 18.5 Å². The normalized spacial score (nSPS) is 12.7. The highest BCUT2D eigenvalue weighted by Crippen LogP contribution is 2.18. The fraction of sp³-hybridized carbons (Fsp3) is 0.909. The van der Waals surface area contributed by atoms with Crippen LogP contribution in [0.15, 0.2) is 24.3 Å². The zero-order valence-electron chi connectivity index (χ0n) is 48.7. The van der Waals surface area contributed by atoms with E-state index in [1.54, 1.807) is 6.08 Å². The first-order valence-electron chi connectivity index (χ1n) is 32.6. The maximum Gasteiger partial charge on any atom is 0.305 e. The van der Waals surface area contributed by atoms with Gasteiger partial charge in [0.1, 0.15) is 0 Å². The van der Waals surface area contributed by atoms with Crippen molar-refractivity contribution in [2.24, 2.45) is 0 Å². The Morgan fingerprint density at radius 2 is 0.653 bits per heavy atom. The van der Waals surface area contributed by atoms with E-state index in [1.165, 1.54) is 289 Å². The Hall–Kier alpha value is -1.66. The van der Waals surface area contributed by atoms with Crippen LogP contribution in [0.5, 0.6) is 0 Å². The maximum atomic E-state index is 12.5. The SMILES string of the molecule is CCCCC/C=C\CCCCCCCC(=O)OCCCCCCCCCCCCCCCCCCCCCCCCC(=O)NC(CO)C(O)/C=C/CCCCCCCCCCCCCCCCCCCCC. The summed E-state index contributed by atoms with van der Waals surface area (Å²) in [5.74, 6) is -0.0616. The summed E-state index contributed by atoms with van der Waals surface area (Å²) in [7, 11) is 0. The molecule has 0 aromatic carbocycles. The van der Waals surface area contributed by atoms with E-state index in [9.17, 15) is 19.8 Å². The van der Waals surface area contributed by atoms with Crippen molar-refractivity contribution in [3.05, 3.63) is 24.3 Å². The highest BCUT2D eigenvalue weighted by atomic mass is 16.5. The summed E-state index contributed by atoms with van der Waals surface area (Å²) >= 11 is 0. The third-order valence-electron chi connectivity index (χ3n) is 15.2. The minimum Gasteiger partial charge on any atom is -0.466 e. The molecule has 6 heteroatoms. The number of carbonyl (C=O) groups is 2. The number of esters is 1. The van der Waals surface area contributed by atoms with E-state index in [0.29, 0.717) is 19.4 Å². The average molecular weight is 1010 g/mol. The molecular weight excluding hydrogens is 887 g/mol. The quantitative estimate of drug-likeness (QED) is 0.0320. The van der Waals surface area contributed by atoms with Gasteiger partial charge in [0.2, 0.25) is 5.91 Å². The molecule has 2 atom stereocenters. The predicted octanol–water partition coefficient (Wildman–Crippen LogP) is 20.6. The molecule has 0 saturated carbocycles. The molecule has 0 fully saturated rings. The zero-order valence-corrected chi connectivity index (χ0v) is 48.7. The Balaban J connectivity index is 3.42. The van der Waals surface area contributed by atoms with Gasteiger partial charge in [0.15, 0.2) is 0 Å². The Morgan fingerprint density at radius 1 is 0.375 bits per heavy atom. The van der Waals surface area contributed by atoms with Gasteiger partial charge < -0.3 is 20.3 Å². The summed E-state index contributed by atoms with van der Waals surface area (Å²) in [4.78, 5) is 24.5. The van der Waals surface area contributed by atoms with Gasteiger partial charge in [-0.1, -0.05) is 314 Å². The van der Waals surface area contributed by atoms with Crippen LogP contribution in [0.4, 0.5) is 0 Å². The molecule has 2 unspecified atom stereocenters. The second-order valence-corrected chi connectivity index (χ2v) is 22.5. The first-order chi connectivity index (χ1) is 35.5. The van der Waals surface area contributed by atoms with Crippen LogP contribution >= 0.6 is 0 Å². The van der Waals surface area contributed by atoms with Crippen LogP contribution in [-0.2, 0) is 14.3 Å². The molecule has 3 N–H and O–H groups in total. The van der Waals surface area contributed by atoms with Crippen molar-refractivity contribution in [2.45, 2.75) is 373 Å². The van der Waals surface area contributed by atoms with Crippen LogP contribution in [0.1, 0.15) is 361 Å². The number of nitrogens with one attached hydrogen (secondary N) is 1. The minimum absolute atomic E-state index is 0.00311. The molecule has 0 aromatic heterocycles. The van der Waals surface area contributed by atoms with Crippen molar-refractivity contribution in [1.29, 1.82) is 0 Å². The molecule has 0 aliphatic rings. The molecular formula is C66H127NO5. The van der Waals surface area contributed by atoms with Gasteiger partial charge in [-0.25, -0.2) is 0 Å². The van der Waals surface area contributed by atoms with Crippen LogP contribution in [-0.4, -0.2) is 47.4 Å². The van der Waals surface area contributed by atoms with E-state index in [4.69, 9.17) is 4.74 Å². The molecule has 0 spiro atoms. The molecule has 72 heavy (non-hydrogen) atoms. The number of aliphatic hydroxyl groups excluding tert-OH is 2. The molecule has 0 rings (SSSR count). The third kappa shape index (κ3) is 57.6. The van der Waals surface area contributed by atoms with Crippen molar-refractivity contribution in [1.82, 2.24) is 5.32 Å². The maximum absolute atomic E-state index is 12.5. The van der Waals surface area contributed by atoms with Crippen LogP contribution in [0.25, 0.3) is 0 Å². The average Bonchev–Trinajstić information content (AvgIpc) is 3.38. The van der Waals surface area contributed by atoms with E-state index >= 15 is 0 Å². The second-order valence-electron chi connectivity index (χ2n) is 22.5. The molecule has 0 radical (unpaired) electrons. The van der Waals surface area contributed by atoms with Gasteiger partial charge in [0.05, 0.1) is 25.4 Å². The molecule has 0 aliphatic carbocycles. The van der Waals surface area contributed by atoms with Gasteiger partial charge in [-0.3, -0.25) is 9.59 Å². The highest BCUT2D eigenvalue weighted by molar-refractivity contribution is 5.76. The fourth-order valence-electron chi connectivity index (χ4n) is 10.2. The van der Waals surface area contributed by atoms with Gasteiger partial charge >= 0.3 is 5.97 Å². The number of amides is 1. The van der Waals surface area contributed by atoms with Crippen LogP contribution in [0, 0.1) is 0 Å². The largest absolute Gasteiger partial charge is 0.466 e. The number of hydrogen-bond acceptors (Lipinski definition) is 5. The van der Waals surface area contributed by atoms with E-state index in [0.717, 1.165) is 44.9 Å². The Labute approximate surface area is 450 Å². The summed E-state index contributed by atoms with van der Waals surface area (Å²) in [6, 6.07) is -0.629. The van der Waals surface area contributed by atoms with E-state index < -0.39 is 12.1 Å². The summed E-state index contributed by atoms with van der Waals surface area (Å²) in [6.07, 6.45) is 76.6. The molecule has 0 heterocycles.